The minimum absolute atomic E-state index is 0.0718. The van der Waals surface area contributed by atoms with Gasteiger partial charge in [0.25, 0.3) is 0 Å². The Morgan fingerprint density at radius 3 is 2.68 bits per heavy atom. The van der Waals surface area contributed by atoms with E-state index in [9.17, 15) is 4.79 Å². The maximum Gasteiger partial charge on any atom is 0.230 e. The highest BCUT2D eigenvalue weighted by molar-refractivity contribution is 7.15. The lowest BCUT2D eigenvalue weighted by molar-refractivity contribution is -0.115. The lowest BCUT2D eigenvalue weighted by atomic mass is 10.1. The Balaban J connectivity index is 1.24. The predicted molar refractivity (Wildman–Crippen MR) is 116 cm³/mol. The summed E-state index contributed by atoms with van der Waals surface area (Å²) in [5.74, 6) is -0.0718. The third kappa shape index (κ3) is 3.49. The number of nitrogens with one attached hydrogen (secondary N) is 1. The average Bonchev–Trinajstić information content (AvgIpc) is 3.46. The van der Waals surface area contributed by atoms with Gasteiger partial charge >= 0.3 is 0 Å². The van der Waals surface area contributed by atoms with Crippen LogP contribution in [0, 0.1) is 0 Å². The number of carbonyl (C=O) groups is 1. The van der Waals surface area contributed by atoms with E-state index in [0.717, 1.165) is 38.2 Å². The first kappa shape index (κ1) is 17.3. The van der Waals surface area contributed by atoms with Crippen LogP contribution < -0.4 is 5.32 Å². The van der Waals surface area contributed by atoms with Crippen LogP contribution in [0.25, 0.3) is 26.8 Å². The Hall–Kier alpha value is -2.81. The monoisotopic (exact) mass is 422 g/mol. The van der Waals surface area contributed by atoms with Gasteiger partial charge in [0.2, 0.25) is 5.91 Å². The van der Waals surface area contributed by atoms with Crippen LogP contribution in [0.5, 0.6) is 0 Å². The maximum absolute atomic E-state index is 12.4. The molecule has 4 heterocycles. The van der Waals surface area contributed by atoms with E-state index >= 15 is 0 Å². The Morgan fingerprint density at radius 2 is 1.89 bits per heavy atom. The molecule has 0 aliphatic rings. The summed E-state index contributed by atoms with van der Waals surface area (Å²) in [6, 6.07) is 9.79. The number of nitrogens with zero attached hydrogens (tertiary/aromatic N) is 3. The molecule has 138 valence electrons. The van der Waals surface area contributed by atoms with E-state index in [1.54, 1.807) is 34.0 Å². The minimum atomic E-state index is -0.0718. The fourth-order valence-electron chi connectivity index (χ4n) is 2.87. The number of imidazole rings is 1. The summed E-state index contributed by atoms with van der Waals surface area (Å²) in [5, 5.41) is 11.9. The summed E-state index contributed by atoms with van der Waals surface area (Å²) in [6.07, 6.45) is 4.26. The van der Waals surface area contributed by atoms with E-state index in [1.807, 2.05) is 63.3 Å². The Morgan fingerprint density at radius 1 is 1.00 bits per heavy atom. The second-order valence-corrected chi connectivity index (χ2v) is 8.69. The first-order valence-electron chi connectivity index (χ1n) is 8.54. The van der Waals surface area contributed by atoms with E-state index < -0.39 is 0 Å². The Bertz CT molecular complexity index is 1200. The molecule has 0 fully saturated rings. The first-order valence-corrected chi connectivity index (χ1v) is 11.2. The van der Waals surface area contributed by atoms with E-state index in [0.29, 0.717) is 0 Å². The molecule has 0 aliphatic heterocycles. The van der Waals surface area contributed by atoms with Gasteiger partial charge in [0, 0.05) is 45.3 Å². The maximum atomic E-state index is 12.4. The number of anilines is 1. The third-order valence-corrected chi connectivity index (χ3v) is 6.61. The molecule has 28 heavy (non-hydrogen) atoms. The van der Waals surface area contributed by atoms with Gasteiger partial charge in [0.1, 0.15) is 5.01 Å². The number of thiophene rings is 1. The number of thiazole rings is 2. The molecule has 1 amide bonds. The number of fused-ring (bicyclic) bond motifs is 1. The van der Waals surface area contributed by atoms with Crippen molar-refractivity contribution in [3.8, 4) is 21.8 Å². The number of carbonyl (C=O) groups excluding carboxylic acids is 1. The number of rotatable bonds is 5. The topological polar surface area (TPSA) is 59.3 Å². The second kappa shape index (κ2) is 7.31. The molecule has 5 aromatic rings. The molecule has 4 aromatic heterocycles. The summed E-state index contributed by atoms with van der Waals surface area (Å²) < 4.78 is 2.01. The number of hydrogen-bond donors (Lipinski definition) is 1. The minimum Gasteiger partial charge on any atom is -0.326 e. The summed E-state index contributed by atoms with van der Waals surface area (Å²) in [6.45, 7) is 0. The highest BCUT2D eigenvalue weighted by Crippen LogP contribution is 2.26. The quantitative estimate of drug-likeness (QED) is 0.411. The molecule has 5 rings (SSSR count). The molecule has 0 unspecified atom stereocenters. The second-order valence-electron chi connectivity index (χ2n) is 6.18. The highest BCUT2D eigenvalue weighted by atomic mass is 32.1. The molecule has 0 atom stereocenters. The molecule has 8 heteroatoms. The van der Waals surface area contributed by atoms with Crippen LogP contribution in [0.3, 0.4) is 0 Å². The molecule has 0 saturated carbocycles. The normalized spacial score (nSPS) is 11.1. The zero-order valence-corrected chi connectivity index (χ0v) is 17.0. The van der Waals surface area contributed by atoms with Crippen LogP contribution in [-0.2, 0) is 11.2 Å². The van der Waals surface area contributed by atoms with Crippen LogP contribution in [-0.4, -0.2) is 20.3 Å². The van der Waals surface area contributed by atoms with Gasteiger partial charge in [-0.3, -0.25) is 9.20 Å². The fraction of sp³-hybridized carbons (Fsp3) is 0.0500. The van der Waals surface area contributed by atoms with E-state index in [-0.39, 0.29) is 12.3 Å². The van der Waals surface area contributed by atoms with Crippen molar-refractivity contribution < 1.29 is 4.79 Å². The molecule has 0 saturated heterocycles. The summed E-state index contributed by atoms with van der Waals surface area (Å²) >= 11 is 4.81. The van der Waals surface area contributed by atoms with Gasteiger partial charge in [-0.15, -0.1) is 22.7 Å². The van der Waals surface area contributed by atoms with Crippen molar-refractivity contribution in [2.45, 2.75) is 6.42 Å². The van der Waals surface area contributed by atoms with E-state index in [4.69, 9.17) is 0 Å². The van der Waals surface area contributed by atoms with Gasteiger partial charge < -0.3 is 5.32 Å². The molecule has 1 aromatic carbocycles. The molecule has 0 spiro atoms. The number of benzene rings is 1. The molecule has 0 radical (unpaired) electrons. The van der Waals surface area contributed by atoms with Crippen LogP contribution in [0.1, 0.15) is 5.69 Å². The van der Waals surface area contributed by atoms with Crippen LogP contribution in [0.2, 0.25) is 0 Å². The van der Waals surface area contributed by atoms with Crippen molar-refractivity contribution in [3.63, 3.8) is 0 Å². The van der Waals surface area contributed by atoms with Crippen molar-refractivity contribution in [2.75, 3.05) is 5.32 Å². The van der Waals surface area contributed by atoms with Crippen molar-refractivity contribution in [1.82, 2.24) is 14.4 Å². The molecule has 0 aliphatic carbocycles. The SMILES string of the molecule is O=C(Cc1csc(-c2ccsc2)n1)Nc1ccc(-c2cn3ccsc3n2)cc1. The largest absolute Gasteiger partial charge is 0.326 e. The van der Waals surface area contributed by atoms with Crippen molar-refractivity contribution >= 4 is 50.6 Å². The van der Waals surface area contributed by atoms with Gasteiger partial charge in [-0.1, -0.05) is 12.1 Å². The van der Waals surface area contributed by atoms with Gasteiger partial charge in [0.05, 0.1) is 17.8 Å². The van der Waals surface area contributed by atoms with Crippen LogP contribution in [0.15, 0.2) is 64.2 Å². The smallest absolute Gasteiger partial charge is 0.230 e. The van der Waals surface area contributed by atoms with Gasteiger partial charge in [-0.05, 0) is 23.6 Å². The van der Waals surface area contributed by atoms with E-state index in [1.165, 1.54) is 0 Å². The van der Waals surface area contributed by atoms with Crippen LogP contribution >= 0.6 is 34.0 Å². The molecule has 1 N–H and O–H groups in total. The van der Waals surface area contributed by atoms with E-state index in [2.05, 4.69) is 20.7 Å². The molecular formula is C20H14N4OS3. The van der Waals surface area contributed by atoms with Crippen LogP contribution in [0.4, 0.5) is 5.69 Å². The lowest BCUT2D eigenvalue weighted by Crippen LogP contribution is -2.14. The number of amides is 1. The lowest BCUT2D eigenvalue weighted by Gasteiger charge is -2.05. The zero-order valence-electron chi connectivity index (χ0n) is 14.5. The molecular weight excluding hydrogens is 408 g/mol. The van der Waals surface area contributed by atoms with Crippen molar-refractivity contribution in [1.29, 1.82) is 0 Å². The number of aromatic nitrogens is 3. The standard InChI is InChI=1S/C20H14N4OS3/c25-18(9-16-12-28-19(22-16)14-5-7-26-11-14)21-15-3-1-13(2-4-15)17-10-24-6-8-27-20(24)23-17/h1-8,10-12H,9H2,(H,21,25). The van der Waals surface area contributed by atoms with Gasteiger partial charge in [0.15, 0.2) is 4.96 Å². The molecule has 0 bridgehead atoms. The zero-order chi connectivity index (χ0) is 18.9. The Labute approximate surface area is 173 Å². The highest BCUT2D eigenvalue weighted by Gasteiger charge is 2.10. The number of hydrogen-bond acceptors (Lipinski definition) is 6. The van der Waals surface area contributed by atoms with Crippen molar-refractivity contribution in [2.24, 2.45) is 0 Å². The van der Waals surface area contributed by atoms with Gasteiger partial charge in [-0.25, -0.2) is 9.97 Å². The fourth-order valence-corrected chi connectivity index (χ4v) is 5.10. The molecule has 5 nitrogen and oxygen atoms in total. The summed E-state index contributed by atoms with van der Waals surface area (Å²) in [7, 11) is 0. The third-order valence-electron chi connectivity index (χ3n) is 4.22. The average molecular weight is 423 g/mol. The first-order chi connectivity index (χ1) is 13.7. The van der Waals surface area contributed by atoms with Gasteiger partial charge in [-0.2, -0.15) is 11.3 Å². The predicted octanol–water partition coefficient (Wildman–Crippen LogP) is 5.43. The van der Waals surface area contributed by atoms with Crippen molar-refractivity contribution in [3.05, 3.63) is 69.9 Å². The summed E-state index contributed by atoms with van der Waals surface area (Å²) in [5.41, 5.74) is 4.61. The Kier molecular flexibility index (Phi) is 4.52. The summed E-state index contributed by atoms with van der Waals surface area (Å²) in [4.78, 5) is 22.5.